The Morgan fingerprint density at radius 1 is 1.53 bits per heavy atom. The van der Waals surface area contributed by atoms with Gasteiger partial charge in [0.2, 0.25) is 0 Å². The summed E-state index contributed by atoms with van der Waals surface area (Å²) in [6.45, 7) is 1.61. The molecule has 104 valence electrons. The molecule has 19 heavy (non-hydrogen) atoms. The first-order valence-corrected chi connectivity index (χ1v) is 5.48. The Morgan fingerprint density at radius 2 is 2.21 bits per heavy atom. The summed E-state index contributed by atoms with van der Waals surface area (Å²) in [5.74, 6) is -2.02. The zero-order valence-corrected chi connectivity index (χ0v) is 10.5. The van der Waals surface area contributed by atoms with Gasteiger partial charge < -0.3 is 19.7 Å². The van der Waals surface area contributed by atoms with Crippen molar-refractivity contribution in [3.63, 3.8) is 0 Å². The van der Waals surface area contributed by atoms with E-state index in [-0.39, 0.29) is 18.5 Å². The summed E-state index contributed by atoms with van der Waals surface area (Å²) in [6.07, 6.45) is -0.170. The number of nitrogens with zero attached hydrogens (tertiary/aromatic N) is 1. The summed E-state index contributed by atoms with van der Waals surface area (Å²) in [7, 11) is 1.20. The van der Waals surface area contributed by atoms with E-state index in [1.54, 1.807) is 6.92 Å². The molecule has 0 spiro atoms. The van der Waals surface area contributed by atoms with Crippen LogP contribution < -0.4 is 5.32 Å². The number of hydrogen-bond donors (Lipinski definition) is 2. The predicted octanol–water partition coefficient (Wildman–Crippen LogP) is 0.119. The lowest BCUT2D eigenvalue weighted by Gasteiger charge is -2.12. The van der Waals surface area contributed by atoms with Gasteiger partial charge in [-0.2, -0.15) is 0 Å². The first-order valence-electron chi connectivity index (χ1n) is 5.48. The summed E-state index contributed by atoms with van der Waals surface area (Å²) in [4.78, 5) is 33.6. The maximum absolute atomic E-state index is 11.7. The van der Waals surface area contributed by atoms with Crippen molar-refractivity contribution in [2.75, 3.05) is 7.11 Å². The maximum Gasteiger partial charge on any atom is 0.326 e. The van der Waals surface area contributed by atoms with Crippen LogP contribution in [0.2, 0.25) is 0 Å². The van der Waals surface area contributed by atoms with Crippen LogP contribution in [0.15, 0.2) is 10.6 Å². The van der Waals surface area contributed by atoms with Crippen LogP contribution in [0, 0.1) is 6.92 Å². The number of hydrogen-bond acceptors (Lipinski definition) is 6. The largest absolute Gasteiger partial charge is 0.480 e. The topological polar surface area (TPSA) is 119 Å². The van der Waals surface area contributed by atoms with Gasteiger partial charge in [0, 0.05) is 12.5 Å². The highest BCUT2D eigenvalue weighted by Gasteiger charge is 2.23. The monoisotopic (exact) mass is 270 g/mol. The molecule has 0 aliphatic rings. The molecule has 1 aromatic heterocycles. The van der Waals surface area contributed by atoms with E-state index in [0.717, 1.165) is 0 Å². The van der Waals surface area contributed by atoms with E-state index < -0.39 is 23.9 Å². The predicted molar refractivity (Wildman–Crippen MR) is 61.4 cm³/mol. The van der Waals surface area contributed by atoms with Crippen LogP contribution >= 0.6 is 0 Å². The van der Waals surface area contributed by atoms with Crippen molar-refractivity contribution in [1.82, 2.24) is 10.5 Å². The molecule has 0 aliphatic carbocycles. The van der Waals surface area contributed by atoms with E-state index in [2.05, 4.69) is 15.2 Å². The molecule has 1 aromatic rings. The summed E-state index contributed by atoms with van der Waals surface area (Å²) in [6, 6.07) is 0.192. The standard InChI is InChI=1S/C11H14N2O6/c1-6-5-8(13-19-6)10(15)12-7(11(16)17)3-4-9(14)18-2/h5,7H,3-4H2,1-2H3,(H,12,15)(H,16,17)/t7-/m0/s1. The second-order valence-corrected chi connectivity index (χ2v) is 3.80. The van der Waals surface area contributed by atoms with Gasteiger partial charge >= 0.3 is 11.9 Å². The molecule has 1 heterocycles. The Balaban J connectivity index is 2.61. The van der Waals surface area contributed by atoms with Crippen molar-refractivity contribution in [2.24, 2.45) is 0 Å². The van der Waals surface area contributed by atoms with Crippen molar-refractivity contribution in [2.45, 2.75) is 25.8 Å². The third-order valence-corrected chi connectivity index (χ3v) is 2.33. The van der Waals surface area contributed by atoms with E-state index in [9.17, 15) is 14.4 Å². The first-order chi connectivity index (χ1) is 8.93. The summed E-state index contributed by atoms with van der Waals surface area (Å²) in [5, 5.41) is 14.7. The van der Waals surface area contributed by atoms with E-state index >= 15 is 0 Å². The lowest BCUT2D eigenvalue weighted by molar-refractivity contribution is -0.142. The highest BCUT2D eigenvalue weighted by atomic mass is 16.5. The molecule has 1 amide bonds. The van der Waals surface area contributed by atoms with Gasteiger partial charge in [-0.1, -0.05) is 5.16 Å². The van der Waals surface area contributed by atoms with Crippen molar-refractivity contribution in [1.29, 1.82) is 0 Å². The fourth-order valence-electron chi connectivity index (χ4n) is 1.33. The minimum atomic E-state index is -1.24. The third kappa shape index (κ3) is 4.41. The van der Waals surface area contributed by atoms with Gasteiger partial charge in [0.1, 0.15) is 11.8 Å². The van der Waals surface area contributed by atoms with E-state index in [1.165, 1.54) is 13.2 Å². The minimum Gasteiger partial charge on any atom is -0.480 e. The molecule has 1 atom stereocenters. The molecule has 0 fully saturated rings. The third-order valence-electron chi connectivity index (χ3n) is 2.33. The molecule has 0 bridgehead atoms. The highest BCUT2D eigenvalue weighted by molar-refractivity contribution is 5.95. The molecule has 0 saturated heterocycles. The number of aromatic nitrogens is 1. The second-order valence-electron chi connectivity index (χ2n) is 3.80. The average molecular weight is 270 g/mol. The van der Waals surface area contributed by atoms with Crippen LogP contribution in [-0.4, -0.2) is 41.3 Å². The van der Waals surface area contributed by atoms with E-state index in [0.29, 0.717) is 5.76 Å². The number of carboxylic acids is 1. The maximum atomic E-state index is 11.7. The number of ether oxygens (including phenoxy) is 1. The lowest BCUT2D eigenvalue weighted by Crippen LogP contribution is -2.41. The number of methoxy groups -OCH3 is 1. The summed E-state index contributed by atoms with van der Waals surface area (Å²) >= 11 is 0. The molecular weight excluding hydrogens is 256 g/mol. The van der Waals surface area contributed by atoms with Crippen LogP contribution in [0.3, 0.4) is 0 Å². The fourth-order valence-corrected chi connectivity index (χ4v) is 1.33. The number of carbonyl (C=O) groups is 3. The van der Waals surface area contributed by atoms with Gasteiger partial charge in [-0.3, -0.25) is 9.59 Å². The SMILES string of the molecule is COC(=O)CC[C@H](NC(=O)c1cc(C)on1)C(=O)O. The highest BCUT2D eigenvalue weighted by Crippen LogP contribution is 2.04. The van der Waals surface area contributed by atoms with Crippen LogP contribution in [0.5, 0.6) is 0 Å². The van der Waals surface area contributed by atoms with E-state index in [4.69, 9.17) is 9.63 Å². The molecule has 2 N–H and O–H groups in total. The lowest BCUT2D eigenvalue weighted by atomic mass is 10.1. The van der Waals surface area contributed by atoms with Crippen molar-refractivity contribution in [3.05, 3.63) is 17.5 Å². The Kier molecular flexibility index (Phi) is 5.04. The Labute approximate surface area is 108 Å². The number of carboxylic acid groups (broad SMARTS) is 1. The quantitative estimate of drug-likeness (QED) is 0.704. The zero-order valence-electron chi connectivity index (χ0n) is 10.5. The number of nitrogens with one attached hydrogen (secondary N) is 1. The van der Waals surface area contributed by atoms with Crippen LogP contribution in [0.4, 0.5) is 0 Å². The molecule has 8 heteroatoms. The van der Waals surface area contributed by atoms with Gasteiger partial charge in [-0.15, -0.1) is 0 Å². The van der Waals surface area contributed by atoms with Crippen molar-refractivity contribution in [3.8, 4) is 0 Å². The number of carbonyl (C=O) groups excluding carboxylic acids is 2. The van der Waals surface area contributed by atoms with Crippen molar-refractivity contribution >= 4 is 17.8 Å². The Hall–Kier alpha value is -2.38. The molecule has 8 nitrogen and oxygen atoms in total. The number of amides is 1. The van der Waals surface area contributed by atoms with Crippen LogP contribution in [0.25, 0.3) is 0 Å². The normalized spacial score (nSPS) is 11.7. The van der Waals surface area contributed by atoms with Crippen molar-refractivity contribution < 1.29 is 28.8 Å². The number of aryl methyl sites for hydroxylation is 1. The zero-order chi connectivity index (χ0) is 14.4. The van der Waals surface area contributed by atoms with Gasteiger partial charge in [-0.05, 0) is 13.3 Å². The molecule has 0 saturated carbocycles. The molecule has 0 aliphatic heterocycles. The Bertz CT molecular complexity index is 481. The van der Waals surface area contributed by atoms with Gasteiger partial charge in [0.25, 0.3) is 5.91 Å². The molecule has 1 rings (SSSR count). The molecule has 0 unspecified atom stereocenters. The van der Waals surface area contributed by atoms with E-state index in [1.807, 2.05) is 0 Å². The van der Waals surface area contributed by atoms with Crippen LogP contribution in [0.1, 0.15) is 29.1 Å². The molecule has 0 aromatic carbocycles. The summed E-state index contributed by atoms with van der Waals surface area (Å²) in [5.41, 5.74) is -0.0122. The summed E-state index contributed by atoms with van der Waals surface area (Å²) < 4.78 is 9.11. The number of esters is 1. The second kappa shape index (κ2) is 6.53. The Morgan fingerprint density at radius 3 is 2.68 bits per heavy atom. The smallest absolute Gasteiger partial charge is 0.326 e. The van der Waals surface area contributed by atoms with Crippen LogP contribution in [-0.2, 0) is 14.3 Å². The number of aliphatic carboxylic acids is 1. The molecular formula is C11H14N2O6. The average Bonchev–Trinajstić information content (AvgIpc) is 2.80. The minimum absolute atomic E-state index is 0.0122. The van der Waals surface area contributed by atoms with Gasteiger partial charge in [0.05, 0.1) is 7.11 Å². The fraction of sp³-hybridized carbons (Fsp3) is 0.455. The molecule has 0 radical (unpaired) electrons. The van der Waals surface area contributed by atoms with Gasteiger partial charge in [-0.25, -0.2) is 4.79 Å². The number of rotatable bonds is 6. The first kappa shape index (κ1) is 14.7. The van der Waals surface area contributed by atoms with Gasteiger partial charge in [0.15, 0.2) is 5.69 Å².